The van der Waals surface area contributed by atoms with Crippen LogP contribution in [-0.4, -0.2) is 23.4 Å². The fourth-order valence-electron chi connectivity index (χ4n) is 3.16. The van der Waals surface area contributed by atoms with Gasteiger partial charge in [-0.25, -0.2) is 0 Å². The molecule has 0 aromatic carbocycles. The number of halogens is 1. The predicted molar refractivity (Wildman–Crippen MR) is 108 cm³/mol. The molecule has 0 aliphatic carbocycles. The van der Waals surface area contributed by atoms with Gasteiger partial charge in [-0.15, -0.1) is 0 Å². The summed E-state index contributed by atoms with van der Waals surface area (Å²) in [5.41, 5.74) is 0. The summed E-state index contributed by atoms with van der Waals surface area (Å²) in [7, 11) is 0. The summed E-state index contributed by atoms with van der Waals surface area (Å²) in [5, 5.41) is -0.263. The summed E-state index contributed by atoms with van der Waals surface area (Å²) in [6, 6.07) is 0. The monoisotopic (exact) mass is 359 g/mol. The molecular formula is C21H42ClNO. The van der Waals surface area contributed by atoms with E-state index in [4.69, 9.17) is 11.6 Å². The lowest BCUT2D eigenvalue weighted by molar-refractivity contribution is 0.219. The van der Waals surface area contributed by atoms with Gasteiger partial charge in [0.05, 0.1) is 0 Å². The smallest absolute Gasteiger partial charge is 0.316 e. The SMILES string of the molecule is CCCCCCCCCCN(CCCCCCCCCC)C(=O)Cl. The van der Waals surface area contributed by atoms with Crippen molar-refractivity contribution in [3.05, 3.63) is 0 Å². The Hall–Kier alpha value is -0.240. The van der Waals surface area contributed by atoms with E-state index in [1.165, 1.54) is 89.9 Å². The molecule has 2 nitrogen and oxygen atoms in total. The Morgan fingerprint density at radius 3 is 1.17 bits per heavy atom. The summed E-state index contributed by atoms with van der Waals surface area (Å²) in [4.78, 5) is 13.4. The van der Waals surface area contributed by atoms with Crippen molar-refractivity contribution in [1.82, 2.24) is 4.90 Å². The van der Waals surface area contributed by atoms with Crippen molar-refractivity contribution in [1.29, 1.82) is 0 Å². The number of unbranched alkanes of at least 4 members (excludes halogenated alkanes) is 14. The number of carbonyl (C=O) groups excluding carboxylic acids is 1. The van der Waals surface area contributed by atoms with Gasteiger partial charge in [-0.2, -0.15) is 0 Å². The lowest BCUT2D eigenvalue weighted by Crippen LogP contribution is -2.28. The fraction of sp³-hybridized carbons (Fsp3) is 0.952. The average molecular weight is 360 g/mol. The van der Waals surface area contributed by atoms with Crippen LogP contribution in [-0.2, 0) is 0 Å². The zero-order valence-corrected chi connectivity index (χ0v) is 17.2. The van der Waals surface area contributed by atoms with E-state index >= 15 is 0 Å². The summed E-state index contributed by atoms with van der Waals surface area (Å²) in [5.74, 6) is 0. The number of carbonyl (C=O) groups is 1. The van der Waals surface area contributed by atoms with Crippen LogP contribution in [0.3, 0.4) is 0 Å². The highest BCUT2D eigenvalue weighted by molar-refractivity contribution is 6.62. The summed E-state index contributed by atoms with van der Waals surface area (Å²) < 4.78 is 0. The third-order valence-electron chi connectivity index (χ3n) is 4.81. The van der Waals surface area contributed by atoms with Crippen LogP contribution in [0.4, 0.5) is 4.79 Å². The van der Waals surface area contributed by atoms with E-state index in [0.29, 0.717) is 0 Å². The molecule has 0 saturated carbocycles. The molecule has 0 fully saturated rings. The second kappa shape index (κ2) is 19.1. The molecule has 0 spiro atoms. The van der Waals surface area contributed by atoms with Crippen molar-refractivity contribution in [2.75, 3.05) is 13.1 Å². The summed E-state index contributed by atoms with van der Waals surface area (Å²) >= 11 is 5.73. The highest BCUT2D eigenvalue weighted by Crippen LogP contribution is 2.12. The van der Waals surface area contributed by atoms with Crippen molar-refractivity contribution < 1.29 is 4.79 Å². The maximum Gasteiger partial charge on any atom is 0.316 e. The molecule has 0 saturated heterocycles. The van der Waals surface area contributed by atoms with E-state index in [-0.39, 0.29) is 5.37 Å². The Morgan fingerprint density at radius 1 is 0.583 bits per heavy atom. The van der Waals surface area contributed by atoms with E-state index < -0.39 is 0 Å². The molecule has 0 rings (SSSR count). The summed E-state index contributed by atoms with van der Waals surface area (Å²) in [6.45, 7) is 6.19. The molecule has 0 aliphatic rings. The Balaban J connectivity index is 3.49. The molecule has 0 aromatic rings. The minimum Gasteiger partial charge on any atom is -0.329 e. The Bertz CT molecular complexity index is 251. The second-order valence-electron chi connectivity index (χ2n) is 7.19. The molecule has 3 heteroatoms. The van der Waals surface area contributed by atoms with Crippen LogP contribution < -0.4 is 0 Å². The van der Waals surface area contributed by atoms with Crippen LogP contribution in [0, 0.1) is 0 Å². The molecule has 144 valence electrons. The molecule has 0 heterocycles. The molecule has 0 bridgehead atoms. The molecule has 0 aliphatic heterocycles. The van der Waals surface area contributed by atoms with Crippen molar-refractivity contribution >= 4 is 17.0 Å². The third-order valence-corrected chi connectivity index (χ3v) is 5.05. The first-order valence-corrected chi connectivity index (χ1v) is 11.0. The highest BCUT2D eigenvalue weighted by atomic mass is 35.5. The zero-order valence-electron chi connectivity index (χ0n) is 16.5. The van der Waals surface area contributed by atoms with Gasteiger partial charge in [0.25, 0.3) is 0 Å². The van der Waals surface area contributed by atoms with Gasteiger partial charge in [0.1, 0.15) is 0 Å². The Labute approximate surface area is 156 Å². The van der Waals surface area contributed by atoms with Gasteiger partial charge in [0, 0.05) is 13.1 Å². The molecule has 0 unspecified atom stereocenters. The van der Waals surface area contributed by atoms with Gasteiger partial charge in [-0.1, -0.05) is 104 Å². The minimum absolute atomic E-state index is 0.263. The second-order valence-corrected chi connectivity index (χ2v) is 7.51. The quantitative estimate of drug-likeness (QED) is 0.138. The Kier molecular flexibility index (Phi) is 18.9. The van der Waals surface area contributed by atoms with Gasteiger partial charge in [0.2, 0.25) is 0 Å². The van der Waals surface area contributed by atoms with Crippen LogP contribution >= 0.6 is 11.6 Å². The molecule has 0 aromatic heterocycles. The van der Waals surface area contributed by atoms with Crippen LogP contribution in [0.1, 0.15) is 117 Å². The topological polar surface area (TPSA) is 20.3 Å². The lowest BCUT2D eigenvalue weighted by Gasteiger charge is -2.19. The van der Waals surface area contributed by atoms with Gasteiger partial charge < -0.3 is 4.90 Å². The maximum atomic E-state index is 11.5. The lowest BCUT2D eigenvalue weighted by atomic mass is 10.1. The van der Waals surface area contributed by atoms with Crippen molar-refractivity contribution in [3.8, 4) is 0 Å². The first kappa shape index (κ1) is 23.8. The van der Waals surface area contributed by atoms with E-state index in [9.17, 15) is 4.79 Å². The number of rotatable bonds is 18. The highest BCUT2D eigenvalue weighted by Gasteiger charge is 2.09. The molecular weight excluding hydrogens is 318 g/mol. The van der Waals surface area contributed by atoms with Crippen LogP contribution in [0.2, 0.25) is 0 Å². The summed E-state index contributed by atoms with van der Waals surface area (Å²) in [6.07, 6.45) is 20.8. The largest absolute Gasteiger partial charge is 0.329 e. The van der Waals surface area contributed by atoms with Crippen LogP contribution in [0.25, 0.3) is 0 Å². The number of hydrogen-bond donors (Lipinski definition) is 0. The molecule has 0 N–H and O–H groups in total. The van der Waals surface area contributed by atoms with E-state index in [2.05, 4.69) is 13.8 Å². The third kappa shape index (κ3) is 16.6. The average Bonchev–Trinajstić information content (AvgIpc) is 2.57. The number of nitrogens with zero attached hydrogens (tertiary/aromatic N) is 1. The first-order chi connectivity index (χ1) is 11.7. The van der Waals surface area contributed by atoms with Crippen LogP contribution in [0.15, 0.2) is 0 Å². The van der Waals surface area contributed by atoms with Crippen molar-refractivity contribution in [3.63, 3.8) is 0 Å². The van der Waals surface area contributed by atoms with Gasteiger partial charge >= 0.3 is 5.37 Å². The van der Waals surface area contributed by atoms with Gasteiger partial charge in [0.15, 0.2) is 0 Å². The first-order valence-electron chi connectivity index (χ1n) is 10.7. The normalized spacial score (nSPS) is 11.0. The molecule has 1 amide bonds. The maximum absolute atomic E-state index is 11.5. The minimum atomic E-state index is -0.263. The zero-order chi connectivity index (χ0) is 17.9. The van der Waals surface area contributed by atoms with Crippen molar-refractivity contribution in [2.24, 2.45) is 0 Å². The molecule has 0 radical (unpaired) electrons. The number of amides is 1. The van der Waals surface area contributed by atoms with Gasteiger partial charge in [-0.05, 0) is 24.4 Å². The van der Waals surface area contributed by atoms with Gasteiger partial charge in [-0.3, -0.25) is 4.79 Å². The predicted octanol–water partition coefficient (Wildman–Crippen LogP) is 7.93. The number of hydrogen-bond acceptors (Lipinski definition) is 1. The fourth-order valence-corrected chi connectivity index (χ4v) is 3.33. The van der Waals surface area contributed by atoms with E-state index in [1.54, 1.807) is 0 Å². The Morgan fingerprint density at radius 2 is 0.875 bits per heavy atom. The molecule has 24 heavy (non-hydrogen) atoms. The van der Waals surface area contributed by atoms with Crippen LogP contribution in [0.5, 0.6) is 0 Å². The standard InChI is InChI=1S/C21H42ClNO/c1-3-5-7-9-11-13-15-17-19-23(21(22)24)20-18-16-14-12-10-8-6-4-2/h3-20H2,1-2H3. The van der Waals surface area contributed by atoms with E-state index in [1.807, 2.05) is 4.90 Å². The van der Waals surface area contributed by atoms with E-state index in [0.717, 1.165) is 25.9 Å². The molecule has 0 atom stereocenters. The van der Waals surface area contributed by atoms with Crippen molar-refractivity contribution in [2.45, 2.75) is 117 Å².